The molecule has 3 aromatic heterocycles. The summed E-state index contributed by atoms with van der Waals surface area (Å²) in [6.45, 7) is 1.66. The minimum Gasteiger partial charge on any atom is -0.355 e. The number of piperidine rings is 1. The molecule has 0 unspecified atom stereocenters. The van der Waals surface area contributed by atoms with Crippen LogP contribution in [0, 0.1) is 0 Å². The van der Waals surface area contributed by atoms with Crippen LogP contribution in [-0.4, -0.2) is 47.9 Å². The fourth-order valence-corrected chi connectivity index (χ4v) is 6.27. The van der Waals surface area contributed by atoms with E-state index >= 15 is 0 Å². The van der Waals surface area contributed by atoms with Crippen LogP contribution in [0.5, 0.6) is 0 Å². The summed E-state index contributed by atoms with van der Waals surface area (Å²) < 4.78 is 30.3. The summed E-state index contributed by atoms with van der Waals surface area (Å²) in [5, 5.41) is 6.24. The van der Waals surface area contributed by atoms with Crippen LogP contribution in [0.15, 0.2) is 75.7 Å². The number of hydrogen-bond acceptors (Lipinski definition) is 9. The van der Waals surface area contributed by atoms with Crippen molar-refractivity contribution in [1.82, 2.24) is 20.1 Å². The molecule has 0 bridgehead atoms. The minimum atomic E-state index is -3.23. The van der Waals surface area contributed by atoms with Crippen molar-refractivity contribution in [3.05, 3.63) is 72.2 Å². The largest absolute Gasteiger partial charge is 0.355 e. The first-order valence-corrected chi connectivity index (χ1v) is 14.4. The third-order valence-electron chi connectivity index (χ3n) is 6.55. The molecule has 10 heteroatoms. The van der Waals surface area contributed by atoms with Crippen molar-refractivity contribution >= 4 is 37.2 Å². The van der Waals surface area contributed by atoms with E-state index in [9.17, 15) is 8.42 Å². The van der Waals surface area contributed by atoms with Crippen LogP contribution in [0.1, 0.15) is 24.7 Å². The van der Waals surface area contributed by atoms with Crippen molar-refractivity contribution < 1.29 is 12.9 Å². The van der Waals surface area contributed by atoms with Crippen molar-refractivity contribution in [1.29, 1.82) is 0 Å². The lowest BCUT2D eigenvalue weighted by atomic mass is 9.96. The van der Waals surface area contributed by atoms with Gasteiger partial charge in [-0.1, -0.05) is 47.6 Å². The molecule has 0 radical (unpaired) electrons. The highest BCUT2D eigenvalue weighted by Crippen LogP contribution is 2.39. The maximum atomic E-state index is 11.8. The van der Waals surface area contributed by atoms with E-state index in [-0.39, 0.29) is 5.92 Å². The van der Waals surface area contributed by atoms with Gasteiger partial charge in [0.1, 0.15) is 12.1 Å². The molecule has 0 saturated carbocycles. The zero-order valence-corrected chi connectivity index (χ0v) is 21.2. The third-order valence-corrected chi connectivity index (χ3v) is 8.64. The van der Waals surface area contributed by atoms with Crippen molar-refractivity contribution in [2.45, 2.75) is 23.7 Å². The molecule has 0 spiro atoms. The van der Waals surface area contributed by atoms with Crippen LogP contribution < -0.4 is 4.90 Å². The first-order valence-electron chi connectivity index (χ1n) is 11.6. The van der Waals surface area contributed by atoms with Gasteiger partial charge in [-0.2, -0.15) is 4.98 Å². The molecule has 1 fully saturated rings. The van der Waals surface area contributed by atoms with Gasteiger partial charge < -0.3 is 9.42 Å². The second-order valence-electron chi connectivity index (χ2n) is 8.90. The van der Waals surface area contributed by atoms with E-state index in [1.54, 1.807) is 29.8 Å². The Bertz CT molecular complexity index is 1620. The van der Waals surface area contributed by atoms with E-state index < -0.39 is 9.84 Å². The van der Waals surface area contributed by atoms with Crippen LogP contribution >= 0.6 is 11.3 Å². The third kappa shape index (κ3) is 4.27. The molecule has 1 aliphatic heterocycles. The summed E-state index contributed by atoms with van der Waals surface area (Å²) in [4.78, 5) is 16.4. The Morgan fingerprint density at radius 3 is 2.44 bits per heavy atom. The highest BCUT2D eigenvalue weighted by Gasteiger charge is 2.27. The predicted molar refractivity (Wildman–Crippen MR) is 140 cm³/mol. The average Bonchev–Trinajstić information content (AvgIpc) is 3.57. The predicted octanol–water partition coefficient (Wildman–Crippen LogP) is 5.20. The molecule has 4 heterocycles. The number of rotatable bonds is 5. The van der Waals surface area contributed by atoms with Crippen LogP contribution in [0.2, 0.25) is 0 Å². The van der Waals surface area contributed by atoms with E-state index in [0.717, 1.165) is 58.7 Å². The van der Waals surface area contributed by atoms with E-state index in [1.165, 1.54) is 6.26 Å². The quantitative estimate of drug-likeness (QED) is 0.314. The van der Waals surface area contributed by atoms with Crippen LogP contribution in [0.4, 0.5) is 5.82 Å². The molecule has 5 aromatic rings. The highest BCUT2D eigenvalue weighted by molar-refractivity contribution is 7.90. The number of aromatic nitrogens is 4. The zero-order valence-electron chi connectivity index (χ0n) is 19.5. The van der Waals surface area contributed by atoms with Gasteiger partial charge in [-0.3, -0.25) is 0 Å². The number of fused-ring (bicyclic) bond motifs is 1. The van der Waals surface area contributed by atoms with Gasteiger partial charge in [0.2, 0.25) is 11.7 Å². The first kappa shape index (κ1) is 22.8. The van der Waals surface area contributed by atoms with Crippen LogP contribution in [0.3, 0.4) is 0 Å². The van der Waals surface area contributed by atoms with Crippen molar-refractivity contribution in [3.8, 4) is 22.5 Å². The van der Waals surface area contributed by atoms with Crippen molar-refractivity contribution in [3.63, 3.8) is 0 Å². The Labute approximate surface area is 212 Å². The molecule has 0 aliphatic carbocycles. The number of benzene rings is 2. The SMILES string of the molecule is CS(=O)(=O)c1ccc(-c2csc3c(N4CCC(c5nc(-c6ccccc6)no5)CC4)ncnc23)cc1. The number of sulfone groups is 1. The summed E-state index contributed by atoms with van der Waals surface area (Å²) in [7, 11) is -3.23. The first-order chi connectivity index (χ1) is 17.5. The lowest BCUT2D eigenvalue weighted by Gasteiger charge is -2.31. The Morgan fingerprint density at radius 1 is 0.972 bits per heavy atom. The number of nitrogens with zero attached hydrogens (tertiary/aromatic N) is 5. The molecule has 1 aliphatic rings. The minimum absolute atomic E-state index is 0.218. The molecule has 0 N–H and O–H groups in total. The molecule has 8 nitrogen and oxygen atoms in total. The topological polar surface area (TPSA) is 102 Å². The number of anilines is 1. The molecule has 182 valence electrons. The maximum Gasteiger partial charge on any atom is 0.230 e. The monoisotopic (exact) mass is 517 g/mol. The molecule has 2 aromatic carbocycles. The zero-order chi connectivity index (χ0) is 24.7. The Hall–Kier alpha value is -3.63. The Balaban J connectivity index is 1.21. The van der Waals surface area contributed by atoms with Crippen molar-refractivity contribution in [2.24, 2.45) is 0 Å². The second kappa shape index (κ2) is 9.11. The summed E-state index contributed by atoms with van der Waals surface area (Å²) in [6.07, 6.45) is 4.61. The van der Waals surface area contributed by atoms with E-state index in [2.05, 4.69) is 30.4 Å². The standard InChI is InChI=1S/C26H23N5O3S2/c1-36(32,33)20-9-7-17(8-10-20)21-15-35-23-22(21)27-16-28-25(23)31-13-11-19(12-14-31)26-29-24(30-34-26)18-5-3-2-4-6-18/h2-10,15-16,19H,11-14H2,1H3. The maximum absolute atomic E-state index is 11.8. The Morgan fingerprint density at radius 2 is 1.72 bits per heavy atom. The van der Waals surface area contributed by atoms with Gasteiger partial charge in [0, 0.05) is 41.8 Å². The van der Waals surface area contributed by atoms with E-state index in [1.807, 2.05) is 42.5 Å². The lowest BCUT2D eigenvalue weighted by molar-refractivity contribution is 0.329. The van der Waals surface area contributed by atoms with Gasteiger partial charge in [0.25, 0.3) is 0 Å². The molecule has 36 heavy (non-hydrogen) atoms. The van der Waals surface area contributed by atoms with Gasteiger partial charge in [0.05, 0.1) is 15.1 Å². The average molecular weight is 518 g/mol. The summed E-state index contributed by atoms with van der Waals surface area (Å²) in [5.74, 6) is 2.47. The van der Waals surface area contributed by atoms with Crippen LogP contribution in [0.25, 0.3) is 32.7 Å². The molecule has 0 amide bonds. The van der Waals surface area contributed by atoms with Gasteiger partial charge in [0.15, 0.2) is 9.84 Å². The second-order valence-corrected chi connectivity index (χ2v) is 11.8. The summed E-state index contributed by atoms with van der Waals surface area (Å²) >= 11 is 1.61. The smallest absolute Gasteiger partial charge is 0.230 e. The molecule has 6 rings (SSSR count). The van der Waals surface area contributed by atoms with E-state index in [0.29, 0.717) is 16.6 Å². The van der Waals surface area contributed by atoms with Gasteiger partial charge >= 0.3 is 0 Å². The fraction of sp³-hybridized carbons (Fsp3) is 0.231. The fourth-order valence-electron chi connectivity index (χ4n) is 4.59. The molecule has 1 saturated heterocycles. The number of hydrogen-bond donors (Lipinski definition) is 0. The molecular formula is C26H23N5O3S2. The van der Waals surface area contributed by atoms with Gasteiger partial charge in [-0.25, -0.2) is 18.4 Å². The van der Waals surface area contributed by atoms with Gasteiger partial charge in [-0.15, -0.1) is 11.3 Å². The number of thiophene rings is 1. The summed E-state index contributed by atoms with van der Waals surface area (Å²) in [5.41, 5.74) is 3.74. The molecular weight excluding hydrogens is 494 g/mol. The van der Waals surface area contributed by atoms with E-state index in [4.69, 9.17) is 4.52 Å². The lowest BCUT2D eigenvalue weighted by Crippen LogP contribution is -2.33. The molecule has 0 atom stereocenters. The summed E-state index contributed by atoms with van der Waals surface area (Å²) in [6, 6.07) is 16.8. The normalized spacial score (nSPS) is 15.0. The van der Waals surface area contributed by atoms with Gasteiger partial charge in [-0.05, 0) is 30.5 Å². The Kier molecular flexibility index (Phi) is 5.77. The highest BCUT2D eigenvalue weighted by atomic mass is 32.2. The van der Waals surface area contributed by atoms with Crippen LogP contribution in [-0.2, 0) is 9.84 Å². The van der Waals surface area contributed by atoms with Crippen molar-refractivity contribution in [2.75, 3.05) is 24.2 Å².